The fraction of sp³-hybridized carbons (Fsp3) is 0.714. The number of nitrogens with zero attached hydrogens (tertiary/aromatic N) is 1. The Hall–Kier alpha value is -1.40. The highest BCUT2D eigenvalue weighted by Gasteiger charge is 2.38. The molecule has 6 heteroatoms. The van der Waals surface area contributed by atoms with Gasteiger partial charge in [0.25, 0.3) is 0 Å². The smallest absolute Gasteiger partial charge is 0.342 e. The van der Waals surface area contributed by atoms with Gasteiger partial charge in [-0.2, -0.15) is 0 Å². The number of esters is 1. The quantitative estimate of drug-likeness (QED) is 0.775. The molecule has 2 aliphatic heterocycles. The summed E-state index contributed by atoms with van der Waals surface area (Å²) in [7, 11) is 3.12. The van der Waals surface area contributed by atoms with Gasteiger partial charge in [0.15, 0.2) is 6.23 Å². The van der Waals surface area contributed by atoms with Gasteiger partial charge in [-0.15, -0.1) is 0 Å². The van der Waals surface area contributed by atoms with Crippen molar-refractivity contribution in [2.45, 2.75) is 26.0 Å². The van der Waals surface area contributed by atoms with Gasteiger partial charge in [0.1, 0.15) is 11.3 Å². The zero-order valence-corrected chi connectivity index (χ0v) is 12.3. The molecule has 2 atom stereocenters. The highest BCUT2D eigenvalue weighted by Crippen LogP contribution is 2.32. The van der Waals surface area contributed by atoms with Crippen molar-refractivity contribution >= 4 is 11.7 Å². The third kappa shape index (κ3) is 2.86. The predicted octanol–water partition coefficient (Wildman–Crippen LogP) is 0.877. The predicted molar refractivity (Wildman–Crippen MR) is 74.5 cm³/mol. The Morgan fingerprint density at radius 1 is 1.40 bits per heavy atom. The number of hydrogen-bond donors (Lipinski definition) is 1. The summed E-state index contributed by atoms with van der Waals surface area (Å²) in [6, 6.07) is 0. The first-order chi connectivity index (χ1) is 9.72. The molecule has 0 aliphatic carbocycles. The molecule has 20 heavy (non-hydrogen) atoms. The van der Waals surface area contributed by atoms with Crippen molar-refractivity contribution in [3.63, 3.8) is 0 Å². The second-order valence-corrected chi connectivity index (χ2v) is 4.75. The first kappa shape index (κ1) is 15.0. The van der Waals surface area contributed by atoms with Crippen LogP contribution in [-0.2, 0) is 19.0 Å². The Kier molecular flexibility index (Phi) is 5.14. The van der Waals surface area contributed by atoms with Crippen LogP contribution in [0.4, 0.5) is 0 Å². The highest BCUT2D eigenvalue weighted by atomic mass is 16.5. The summed E-state index contributed by atoms with van der Waals surface area (Å²) >= 11 is 0. The zero-order valence-electron chi connectivity index (χ0n) is 12.3. The van der Waals surface area contributed by atoms with Crippen LogP contribution in [0.25, 0.3) is 0 Å². The van der Waals surface area contributed by atoms with Crippen LogP contribution in [0, 0.1) is 5.92 Å². The summed E-state index contributed by atoms with van der Waals surface area (Å²) in [6.45, 7) is 3.86. The van der Waals surface area contributed by atoms with E-state index in [1.807, 2.05) is 0 Å². The van der Waals surface area contributed by atoms with Crippen molar-refractivity contribution in [2.75, 3.05) is 33.9 Å². The maximum Gasteiger partial charge on any atom is 0.342 e. The Bertz CT molecular complexity index is 431. The lowest BCUT2D eigenvalue weighted by Gasteiger charge is -2.29. The van der Waals surface area contributed by atoms with Crippen molar-refractivity contribution in [1.29, 1.82) is 0 Å². The van der Waals surface area contributed by atoms with Crippen LogP contribution in [0.1, 0.15) is 19.8 Å². The van der Waals surface area contributed by atoms with E-state index in [9.17, 15) is 4.79 Å². The number of fused-ring (bicyclic) bond motifs is 1. The molecule has 0 spiro atoms. The van der Waals surface area contributed by atoms with Crippen LogP contribution in [0.3, 0.4) is 0 Å². The lowest BCUT2D eigenvalue weighted by Crippen LogP contribution is -2.34. The van der Waals surface area contributed by atoms with Gasteiger partial charge in [0, 0.05) is 19.4 Å². The molecule has 0 amide bonds. The molecule has 2 unspecified atom stereocenters. The monoisotopic (exact) mass is 282 g/mol. The third-order valence-electron chi connectivity index (χ3n) is 3.62. The lowest BCUT2D eigenvalue weighted by molar-refractivity contribution is -0.140. The second-order valence-electron chi connectivity index (χ2n) is 4.75. The number of carbonyl (C=O) groups is 1. The molecule has 2 aliphatic rings. The topological polar surface area (TPSA) is 69.2 Å². The molecule has 0 saturated carbocycles. The van der Waals surface area contributed by atoms with E-state index in [1.54, 1.807) is 14.0 Å². The molecule has 0 bridgehead atoms. The molecule has 2 heterocycles. The largest absolute Gasteiger partial charge is 0.500 e. The maximum atomic E-state index is 12.2. The number of ether oxygens (including phenoxy) is 3. The van der Waals surface area contributed by atoms with E-state index in [2.05, 4.69) is 10.3 Å². The van der Waals surface area contributed by atoms with Crippen LogP contribution in [0.5, 0.6) is 0 Å². The maximum absolute atomic E-state index is 12.2. The molecule has 1 saturated heterocycles. The molecular weight excluding hydrogens is 260 g/mol. The second kappa shape index (κ2) is 6.85. The van der Waals surface area contributed by atoms with E-state index < -0.39 is 12.2 Å². The van der Waals surface area contributed by atoms with Gasteiger partial charge in [-0.3, -0.25) is 4.99 Å². The van der Waals surface area contributed by atoms with Crippen molar-refractivity contribution in [2.24, 2.45) is 10.9 Å². The normalized spacial score (nSPS) is 26.4. The summed E-state index contributed by atoms with van der Waals surface area (Å²) in [5.41, 5.74) is 1.43. The van der Waals surface area contributed by atoms with Crippen LogP contribution >= 0.6 is 0 Å². The molecule has 112 valence electrons. The SMILES string of the molecule is CCOC(=O)C1=C(OC)C2CCNCCC2=NC1OC. The van der Waals surface area contributed by atoms with Crippen LogP contribution in [0.2, 0.25) is 0 Å². The fourth-order valence-corrected chi connectivity index (χ4v) is 2.72. The van der Waals surface area contributed by atoms with E-state index >= 15 is 0 Å². The number of aliphatic imine (C=N–C) groups is 1. The first-order valence-corrected chi connectivity index (χ1v) is 6.98. The van der Waals surface area contributed by atoms with Gasteiger partial charge in [-0.1, -0.05) is 0 Å². The molecule has 1 N–H and O–H groups in total. The van der Waals surface area contributed by atoms with Gasteiger partial charge in [-0.05, 0) is 26.3 Å². The van der Waals surface area contributed by atoms with E-state index in [-0.39, 0.29) is 5.92 Å². The van der Waals surface area contributed by atoms with Crippen molar-refractivity contribution < 1.29 is 19.0 Å². The third-order valence-corrected chi connectivity index (χ3v) is 3.62. The Balaban J connectivity index is 2.39. The Labute approximate surface area is 119 Å². The minimum absolute atomic E-state index is 0.0424. The van der Waals surface area contributed by atoms with E-state index in [0.717, 1.165) is 31.6 Å². The molecule has 0 aromatic carbocycles. The van der Waals surface area contributed by atoms with Gasteiger partial charge >= 0.3 is 5.97 Å². The first-order valence-electron chi connectivity index (χ1n) is 6.98. The fourth-order valence-electron chi connectivity index (χ4n) is 2.72. The minimum Gasteiger partial charge on any atom is -0.500 e. The molecule has 1 fully saturated rings. The molecular formula is C14H22N2O4. The molecule has 0 aromatic heterocycles. The lowest BCUT2D eigenvalue weighted by atomic mass is 9.89. The zero-order chi connectivity index (χ0) is 14.5. The van der Waals surface area contributed by atoms with Gasteiger partial charge in [-0.25, -0.2) is 4.79 Å². The number of rotatable bonds is 4. The average molecular weight is 282 g/mol. The highest BCUT2D eigenvalue weighted by molar-refractivity contribution is 5.97. The number of allylic oxidation sites excluding steroid dienone is 1. The van der Waals surface area contributed by atoms with Gasteiger partial charge in [0.05, 0.1) is 19.6 Å². The van der Waals surface area contributed by atoms with E-state index in [1.165, 1.54) is 7.11 Å². The summed E-state index contributed by atoms with van der Waals surface area (Å²) in [5.74, 6) is 0.279. The van der Waals surface area contributed by atoms with Gasteiger partial charge in [0.2, 0.25) is 0 Å². The molecule has 0 radical (unpaired) electrons. The number of methoxy groups -OCH3 is 2. The molecule has 2 rings (SSSR count). The average Bonchev–Trinajstić information content (AvgIpc) is 2.70. The molecule has 0 aromatic rings. The van der Waals surface area contributed by atoms with Gasteiger partial charge < -0.3 is 19.5 Å². The Morgan fingerprint density at radius 3 is 2.85 bits per heavy atom. The number of hydrogen-bond acceptors (Lipinski definition) is 6. The van der Waals surface area contributed by atoms with E-state index in [0.29, 0.717) is 17.9 Å². The summed E-state index contributed by atoms with van der Waals surface area (Å²) in [5, 5.41) is 3.33. The summed E-state index contributed by atoms with van der Waals surface area (Å²) in [6.07, 6.45) is 1.07. The Morgan fingerprint density at radius 2 is 2.20 bits per heavy atom. The molecule has 6 nitrogen and oxygen atoms in total. The number of carbonyl (C=O) groups excluding carboxylic acids is 1. The number of nitrogens with one attached hydrogen (secondary N) is 1. The number of dihydropyridines is 1. The van der Waals surface area contributed by atoms with Crippen LogP contribution in [-0.4, -0.2) is 51.8 Å². The van der Waals surface area contributed by atoms with E-state index in [4.69, 9.17) is 14.2 Å². The standard InChI is InChI=1S/C14H22N2O4/c1-4-20-14(17)11-12(18-2)9-5-7-15-8-6-10(9)16-13(11)19-3/h9,13,15H,4-8H2,1-3H3. The van der Waals surface area contributed by atoms with Crippen LogP contribution < -0.4 is 5.32 Å². The summed E-state index contributed by atoms with van der Waals surface area (Å²) < 4.78 is 16.0. The van der Waals surface area contributed by atoms with Crippen molar-refractivity contribution in [1.82, 2.24) is 5.32 Å². The van der Waals surface area contributed by atoms with Crippen LogP contribution in [0.15, 0.2) is 16.3 Å². The van der Waals surface area contributed by atoms with Crippen molar-refractivity contribution in [3.8, 4) is 0 Å². The summed E-state index contributed by atoms with van der Waals surface area (Å²) in [4.78, 5) is 16.8. The van der Waals surface area contributed by atoms with Crippen molar-refractivity contribution in [3.05, 3.63) is 11.3 Å². The minimum atomic E-state index is -0.631.